The van der Waals surface area contributed by atoms with E-state index in [4.69, 9.17) is 9.84 Å². The van der Waals surface area contributed by atoms with Gasteiger partial charge in [-0.05, 0) is 32.0 Å². The second kappa shape index (κ2) is 8.40. The molecule has 5 heteroatoms. The molecule has 0 atom stereocenters. The van der Waals surface area contributed by atoms with Gasteiger partial charge in [-0.15, -0.1) is 0 Å². The second-order valence-corrected chi connectivity index (χ2v) is 4.80. The first kappa shape index (κ1) is 17.2. The summed E-state index contributed by atoms with van der Waals surface area (Å²) < 4.78 is 19.2. The van der Waals surface area contributed by atoms with Gasteiger partial charge in [0, 0.05) is 19.2 Å². The molecule has 1 aromatic carbocycles. The summed E-state index contributed by atoms with van der Waals surface area (Å²) >= 11 is 0. The Morgan fingerprint density at radius 3 is 2.76 bits per heavy atom. The summed E-state index contributed by atoms with van der Waals surface area (Å²) in [5.41, 5.74) is 0.417. The standard InChI is InChI=1S/C16H20FNO3/c1-12(2)21-10-8-18(3)16(20)14-7-6-13(5-4-9-19)15(17)11-14/h6-7,11-12,19H,8-10H2,1-3H3. The number of benzene rings is 1. The molecule has 0 heterocycles. The lowest BCUT2D eigenvalue weighted by atomic mass is 10.1. The molecule has 21 heavy (non-hydrogen) atoms. The van der Waals surface area contributed by atoms with E-state index in [0.29, 0.717) is 13.2 Å². The lowest BCUT2D eigenvalue weighted by molar-refractivity contribution is 0.0532. The highest BCUT2D eigenvalue weighted by atomic mass is 19.1. The molecule has 1 aromatic rings. The summed E-state index contributed by atoms with van der Waals surface area (Å²) in [4.78, 5) is 13.6. The highest BCUT2D eigenvalue weighted by molar-refractivity contribution is 5.94. The first-order valence-corrected chi connectivity index (χ1v) is 6.72. The predicted octanol–water partition coefficient (Wildman–Crippen LogP) is 1.67. The highest BCUT2D eigenvalue weighted by Crippen LogP contribution is 2.11. The zero-order chi connectivity index (χ0) is 15.8. The molecule has 0 aromatic heterocycles. The lowest BCUT2D eigenvalue weighted by Gasteiger charge is -2.18. The molecule has 0 bridgehead atoms. The van der Waals surface area contributed by atoms with Gasteiger partial charge in [0.2, 0.25) is 0 Å². The number of rotatable bonds is 5. The van der Waals surface area contributed by atoms with Gasteiger partial charge in [0.25, 0.3) is 5.91 Å². The summed E-state index contributed by atoms with van der Waals surface area (Å²) in [5.74, 6) is 4.00. The van der Waals surface area contributed by atoms with Crippen LogP contribution in [-0.2, 0) is 4.74 Å². The molecule has 0 aliphatic rings. The van der Waals surface area contributed by atoms with Crippen LogP contribution in [0.25, 0.3) is 0 Å². The quantitative estimate of drug-likeness (QED) is 0.840. The highest BCUT2D eigenvalue weighted by Gasteiger charge is 2.13. The van der Waals surface area contributed by atoms with Crippen LogP contribution in [0.15, 0.2) is 18.2 Å². The van der Waals surface area contributed by atoms with Gasteiger partial charge in [-0.3, -0.25) is 4.79 Å². The van der Waals surface area contributed by atoms with Gasteiger partial charge in [-0.1, -0.05) is 11.8 Å². The van der Waals surface area contributed by atoms with Gasteiger partial charge in [0.15, 0.2) is 0 Å². The van der Waals surface area contributed by atoms with Crippen LogP contribution in [0.5, 0.6) is 0 Å². The average molecular weight is 293 g/mol. The minimum atomic E-state index is -0.575. The molecular formula is C16H20FNO3. The number of aliphatic hydroxyl groups excluding tert-OH is 1. The van der Waals surface area contributed by atoms with Crippen LogP contribution in [0, 0.1) is 17.7 Å². The first-order valence-electron chi connectivity index (χ1n) is 6.72. The molecule has 1 amide bonds. The number of hydrogen-bond donors (Lipinski definition) is 1. The molecule has 0 aliphatic heterocycles. The number of carbonyl (C=O) groups is 1. The lowest BCUT2D eigenvalue weighted by Crippen LogP contribution is -2.30. The molecule has 0 radical (unpaired) electrons. The first-order chi connectivity index (χ1) is 9.95. The second-order valence-electron chi connectivity index (χ2n) is 4.80. The monoisotopic (exact) mass is 293 g/mol. The van der Waals surface area contributed by atoms with Crippen LogP contribution in [0.4, 0.5) is 4.39 Å². The van der Waals surface area contributed by atoms with E-state index >= 15 is 0 Å². The van der Waals surface area contributed by atoms with E-state index in [-0.39, 0.29) is 29.7 Å². The van der Waals surface area contributed by atoms with E-state index < -0.39 is 5.82 Å². The van der Waals surface area contributed by atoms with Crippen molar-refractivity contribution in [3.63, 3.8) is 0 Å². The van der Waals surface area contributed by atoms with Crippen molar-refractivity contribution in [1.29, 1.82) is 0 Å². The normalized spacial score (nSPS) is 10.2. The third-order valence-electron chi connectivity index (χ3n) is 2.74. The fourth-order valence-electron chi connectivity index (χ4n) is 1.63. The third kappa shape index (κ3) is 5.54. The van der Waals surface area contributed by atoms with Crippen LogP contribution < -0.4 is 0 Å². The molecule has 0 spiro atoms. The number of nitrogens with zero attached hydrogens (tertiary/aromatic N) is 1. The van der Waals surface area contributed by atoms with E-state index in [1.807, 2.05) is 13.8 Å². The van der Waals surface area contributed by atoms with Gasteiger partial charge < -0.3 is 14.7 Å². The largest absolute Gasteiger partial charge is 0.384 e. The Bertz CT molecular complexity index is 546. The summed E-state index contributed by atoms with van der Waals surface area (Å²) in [6.07, 6.45) is 0.107. The van der Waals surface area contributed by atoms with Gasteiger partial charge in [0.1, 0.15) is 12.4 Å². The van der Waals surface area contributed by atoms with E-state index in [0.717, 1.165) is 6.07 Å². The van der Waals surface area contributed by atoms with Crippen molar-refractivity contribution < 1.29 is 19.0 Å². The minimum absolute atomic E-state index is 0.107. The Balaban J connectivity index is 2.72. The summed E-state index contributed by atoms with van der Waals surface area (Å²) in [6, 6.07) is 4.11. The fraction of sp³-hybridized carbons (Fsp3) is 0.438. The maximum Gasteiger partial charge on any atom is 0.253 e. The predicted molar refractivity (Wildman–Crippen MR) is 78.4 cm³/mol. The Morgan fingerprint density at radius 2 is 2.19 bits per heavy atom. The molecule has 0 saturated heterocycles. The summed E-state index contributed by atoms with van der Waals surface area (Å²) in [6.45, 7) is 4.37. The smallest absolute Gasteiger partial charge is 0.253 e. The number of ether oxygens (including phenoxy) is 1. The molecule has 0 saturated carbocycles. The Hall–Kier alpha value is -1.90. The van der Waals surface area contributed by atoms with Crippen LogP contribution in [0.3, 0.4) is 0 Å². The summed E-state index contributed by atoms with van der Waals surface area (Å²) in [7, 11) is 1.64. The molecule has 0 aliphatic carbocycles. The van der Waals surface area contributed by atoms with Crippen molar-refractivity contribution in [3.8, 4) is 11.8 Å². The maximum absolute atomic E-state index is 13.8. The van der Waals surface area contributed by atoms with Gasteiger partial charge in [-0.25, -0.2) is 4.39 Å². The van der Waals surface area contributed by atoms with E-state index in [1.165, 1.54) is 17.0 Å². The zero-order valence-electron chi connectivity index (χ0n) is 12.5. The van der Waals surface area contributed by atoms with Gasteiger partial charge in [-0.2, -0.15) is 0 Å². The molecule has 1 N–H and O–H groups in total. The van der Waals surface area contributed by atoms with Crippen molar-refractivity contribution in [3.05, 3.63) is 35.1 Å². The SMILES string of the molecule is CC(C)OCCN(C)C(=O)c1ccc(C#CCO)c(F)c1. The Labute approximate surface area is 124 Å². The van der Waals surface area contributed by atoms with Crippen LogP contribution in [0.1, 0.15) is 29.8 Å². The topological polar surface area (TPSA) is 49.8 Å². The van der Waals surface area contributed by atoms with Crippen LogP contribution in [-0.4, -0.2) is 48.8 Å². The van der Waals surface area contributed by atoms with Crippen LogP contribution >= 0.6 is 0 Å². The summed E-state index contributed by atoms with van der Waals surface area (Å²) in [5, 5.41) is 8.59. The number of amides is 1. The van der Waals surface area contributed by atoms with Crippen LogP contribution in [0.2, 0.25) is 0 Å². The Morgan fingerprint density at radius 1 is 1.48 bits per heavy atom. The molecule has 114 valence electrons. The van der Waals surface area contributed by atoms with Crippen molar-refractivity contribution in [2.75, 3.05) is 26.8 Å². The van der Waals surface area contributed by atoms with Crippen molar-refractivity contribution in [1.82, 2.24) is 4.90 Å². The molecule has 1 rings (SSSR count). The number of aliphatic hydroxyl groups is 1. The van der Waals surface area contributed by atoms with Crippen molar-refractivity contribution in [2.24, 2.45) is 0 Å². The minimum Gasteiger partial charge on any atom is -0.384 e. The van der Waals surface area contributed by atoms with Crippen molar-refractivity contribution >= 4 is 5.91 Å². The maximum atomic E-state index is 13.8. The average Bonchev–Trinajstić information content (AvgIpc) is 2.44. The molecule has 0 fully saturated rings. The number of likely N-dealkylation sites (N-methyl/N-ethyl adjacent to an activating group) is 1. The zero-order valence-corrected chi connectivity index (χ0v) is 12.5. The van der Waals surface area contributed by atoms with Crippen molar-refractivity contribution in [2.45, 2.75) is 20.0 Å². The van der Waals surface area contributed by atoms with E-state index in [2.05, 4.69) is 11.8 Å². The number of hydrogen-bond acceptors (Lipinski definition) is 3. The van der Waals surface area contributed by atoms with Gasteiger partial charge >= 0.3 is 0 Å². The molecule has 4 nitrogen and oxygen atoms in total. The number of halogens is 1. The number of carbonyl (C=O) groups excluding carboxylic acids is 1. The van der Waals surface area contributed by atoms with E-state index in [1.54, 1.807) is 7.05 Å². The Kier molecular flexibility index (Phi) is 6.86. The third-order valence-corrected chi connectivity index (χ3v) is 2.74. The van der Waals surface area contributed by atoms with Gasteiger partial charge in [0.05, 0.1) is 18.3 Å². The molecule has 0 unspecified atom stereocenters. The fourth-order valence-corrected chi connectivity index (χ4v) is 1.63. The molecular weight excluding hydrogens is 273 g/mol. The van der Waals surface area contributed by atoms with E-state index in [9.17, 15) is 9.18 Å².